The summed E-state index contributed by atoms with van der Waals surface area (Å²) >= 11 is 0. The molecule has 18 rings (SSSR count). The second kappa shape index (κ2) is 28.1. The summed E-state index contributed by atoms with van der Waals surface area (Å²) in [6.07, 6.45) is 3.57. The molecule has 0 aliphatic carbocycles. The van der Waals surface area contributed by atoms with Crippen LogP contribution in [0.2, 0.25) is 0 Å². The van der Waals surface area contributed by atoms with Crippen LogP contribution in [-0.2, 0) is 21.1 Å². The van der Waals surface area contributed by atoms with Crippen molar-refractivity contribution in [1.82, 2.24) is 28.7 Å². The van der Waals surface area contributed by atoms with Gasteiger partial charge < -0.3 is 13.3 Å². The van der Waals surface area contributed by atoms with Crippen LogP contribution in [0.3, 0.4) is 0 Å². The lowest BCUT2D eigenvalue weighted by atomic mass is 9.92. The Morgan fingerprint density at radius 2 is 0.596 bits per heavy atom. The zero-order chi connectivity index (χ0) is 76.3. The number of benzene rings is 9. The van der Waals surface area contributed by atoms with E-state index >= 15 is 0 Å². The molecule has 0 unspecified atom stereocenters. The maximum absolute atomic E-state index is 6.22. The Bertz CT molecular complexity index is 6530. The van der Waals surface area contributed by atoms with Crippen molar-refractivity contribution in [3.63, 3.8) is 0 Å². The van der Waals surface area contributed by atoms with Crippen LogP contribution in [-0.4, -0.2) is 28.7 Å². The fourth-order valence-corrected chi connectivity index (χ4v) is 17.0. The molecule has 0 saturated heterocycles. The van der Waals surface area contributed by atoms with Gasteiger partial charge in [0.1, 0.15) is 33.8 Å². The predicted octanol–water partition coefficient (Wildman–Crippen LogP) is 24.2. The van der Waals surface area contributed by atoms with Gasteiger partial charge in [-0.15, -0.1) is 0 Å². The highest BCUT2D eigenvalue weighted by Gasteiger charge is 2.36. The standard InChI is InChI=1S/C33H34N3O.2C32H32N3O/c1-19(2)23-11-10-12-24(20(3)4)31(23)36-29-14-9-8-13-28(29)35(7)33(36)26-18-27-25-16-15-22(6)34-32(25)37-30(27)17-21(26)5;1-19(2)22-11-9-12-23(20(3)4)30(22)35-28-15-8-7-14-27(28)34(6)32(35)25-18-26-24-13-10-16-33-31(24)36-29(26)17-21(25)5;1-19(2)22-11-9-12-23(20(3)4)30(22)35-28-15-8-7-14-27(28)34(6)32(35)25-18-29-26(17-21(25)5)24-13-10-16-33-31(24)36-29/h8-20H,1-7H3;2*7-20H,1-6H3/q3*+1. The van der Waals surface area contributed by atoms with Crippen molar-refractivity contribution in [3.05, 3.63) is 268 Å². The quantitative estimate of drug-likeness (QED) is 0.113. The number of furan rings is 3. The minimum absolute atomic E-state index is 0.392. The minimum Gasteiger partial charge on any atom is -0.438 e. The largest absolute Gasteiger partial charge is 0.438 e. The first kappa shape index (κ1) is 71.5. The van der Waals surface area contributed by atoms with Gasteiger partial charge in [0.25, 0.3) is 17.5 Å². The zero-order valence-corrected chi connectivity index (χ0v) is 66.4. The Labute approximate surface area is 638 Å². The zero-order valence-electron chi connectivity index (χ0n) is 66.4. The van der Waals surface area contributed by atoms with Crippen molar-refractivity contribution in [2.75, 3.05) is 0 Å². The highest BCUT2D eigenvalue weighted by Crippen LogP contribution is 2.45. The molecule has 0 atom stereocenters. The van der Waals surface area contributed by atoms with Gasteiger partial charge in [-0.3, -0.25) is 0 Å². The van der Waals surface area contributed by atoms with Gasteiger partial charge in [0.05, 0.1) is 37.8 Å². The summed E-state index contributed by atoms with van der Waals surface area (Å²) < 4.78 is 33.0. The van der Waals surface area contributed by atoms with Crippen molar-refractivity contribution in [2.24, 2.45) is 21.1 Å². The van der Waals surface area contributed by atoms with Crippen molar-refractivity contribution in [3.8, 4) is 51.2 Å². The topological polar surface area (TPSA) is 105 Å². The van der Waals surface area contributed by atoms with Gasteiger partial charge in [0, 0.05) is 83.8 Å². The maximum Gasteiger partial charge on any atom is 0.295 e. The number of pyridine rings is 3. The molecule has 0 amide bonds. The summed E-state index contributed by atoms with van der Waals surface area (Å²) in [6, 6.07) is 72.2. The summed E-state index contributed by atoms with van der Waals surface area (Å²) in [5, 5.41) is 6.45. The number of para-hydroxylation sites is 9. The third kappa shape index (κ3) is 12.1. The summed E-state index contributed by atoms with van der Waals surface area (Å²) in [5.74, 6) is 5.85. The molecule has 546 valence electrons. The third-order valence-electron chi connectivity index (χ3n) is 22.5. The van der Waals surface area contributed by atoms with E-state index in [0.29, 0.717) is 52.6 Å². The number of fused-ring (bicyclic) bond motifs is 12. The molecular formula is C97H98N9O3+3. The van der Waals surface area contributed by atoms with Crippen LogP contribution < -0.4 is 13.7 Å². The second-order valence-corrected chi connectivity index (χ2v) is 31.7. The summed E-state index contributed by atoms with van der Waals surface area (Å²) in [5.41, 5.74) is 32.0. The minimum atomic E-state index is 0.392. The Hall–Kier alpha value is -11.8. The average Bonchev–Trinajstić information content (AvgIpc) is 1.59. The van der Waals surface area contributed by atoms with Crippen molar-refractivity contribution in [2.45, 2.75) is 146 Å². The SMILES string of the molecule is Cc1cc2c(cc1-c1n(-c3c(C(C)C)cccc3C(C)C)c3ccccc3[n+]1C)oc1ncccc12.Cc1cc2oc3ncccc3c2cc1-c1n(-c2c(C(C)C)cccc2C(C)C)c2ccccc2[n+]1C.Cc1ccc2c(n1)oc1cc(C)c(-c3n(-c4c(C(C)C)cccc4C(C)C)c4ccccc4[n+]3C)cc12. The van der Waals surface area contributed by atoms with E-state index in [1.165, 1.54) is 123 Å². The Morgan fingerprint density at radius 3 is 0.954 bits per heavy atom. The van der Waals surface area contributed by atoms with Gasteiger partial charge in [-0.1, -0.05) is 174 Å². The molecule has 12 heteroatoms. The Kier molecular flexibility index (Phi) is 18.4. The lowest BCUT2D eigenvalue weighted by Crippen LogP contribution is -2.30. The molecule has 0 fully saturated rings. The number of hydrogen-bond donors (Lipinski definition) is 0. The van der Waals surface area contributed by atoms with Gasteiger partial charge >= 0.3 is 0 Å². The lowest BCUT2D eigenvalue weighted by Gasteiger charge is -2.18. The summed E-state index contributed by atoms with van der Waals surface area (Å²) in [7, 11) is 6.54. The Balaban J connectivity index is 0.000000124. The molecular weight excluding hydrogens is 1340 g/mol. The molecule has 0 spiro atoms. The van der Waals surface area contributed by atoms with Gasteiger partial charge in [-0.25, -0.2) is 28.7 Å². The van der Waals surface area contributed by atoms with Crippen LogP contribution in [0.25, 0.3) is 151 Å². The maximum atomic E-state index is 6.22. The van der Waals surface area contributed by atoms with Gasteiger partial charge in [-0.2, -0.15) is 13.7 Å². The van der Waals surface area contributed by atoms with E-state index in [0.717, 1.165) is 66.1 Å². The van der Waals surface area contributed by atoms with Crippen LogP contribution in [0.4, 0.5) is 0 Å². The van der Waals surface area contributed by atoms with Crippen LogP contribution >= 0.6 is 0 Å². The first-order valence-electron chi connectivity index (χ1n) is 38.7. The number of nitrogens with zero attached hydrogens (tertiary/aromatic N) is 9. The fraction of sp³-hybridized carbons (Fsp3) is 0.258. The van der Waals surface area contributed by atoms with E-state index in [4.69, 9.17) is 13.3 Å². The smallest absolute Gasteiger partial charge is 0.295 e. The molecule has 18 aromatic rings. The molecule has 12 nitrogen and oxygen atoms in total. The molecule has 0 aliphatic heterocycles. The number of imidazole rings is 3. The number of hydrogen-bond acceptors (Lipinski definition) is 6. The fourth-order valence-electron chi connectivity index (χ4n) is 17.0. The molecule has 9 heterocycles. The van der Waals surface area contributed by atoms with E-state index in [1.54, 1.807) is 12.4 Å². The van der Waals surface area contributed by atoms with Gasteiger partial charge in [-0.05, 0) is 189 Å². The molecule has 0 bridgehead atoms. The number of aryl methyl sites for hydroxylation is 7. The molecule has 0 saturated carbocycles. The molecule has 0 radical (unpaired) electrons. The van der Waals surface area contributed by atoms with E-state index in [1.807, 2.05) is 19.1 Å². The molecule has 0 aliphatic rings. The number of rotatable bonds is 12. The molecule has 9 aromatic heterocycles. The summed E-state index contributed by atoms with van der Waals surface area (Å²) in [6.45, 7) is 36.0. The van der Waals surface area contributed by atoms with E-state index in [-0.39, 0.29) is 0 Å². The monoisotopic (exact) mass is 1440 g/mol. The molecule has 0 N–H and O–H groups in total. The van der Waals surface area contributed by atoms with E-state index in [9.17, 15) is 0 Å². The molecule has 109 heavy (non-hydrogen) atoms. The van der Waals surface area contributed by atoms with Crippen LogP contribution in [0, 0.1) is 27.7 Å². The van der Waals surface area contributed by atoms with Gasteiger partial charge in [0.2, 0.25) is 17.1 Å². The third-order valence-corrected chi connectivity index (χ3v) is 22.5. The van der Waals surface area contributed by atoms with Crippen LogP contribution in [0.15, 0.2) is 226 Å². The first-order chi connectivity index (χ1) is 52.5. The predicted molar refractivity (Wildman–Crippen MR) is 448 cm³/mol. The first-order valence-corrected chi connectivity index (χ1v) is 38.7. The summed E-state index contributed by atoms with van der Waals surface area (Å²) in [4.78, 5) is 13.6. The van der Waals surface area contributed by atoms with Crippen LogP contribution in [0.5, 0.6) is 0 Å². The number of aromatic nitrogens is 9. The van der Waals surface area contributed by atoms with Gasteiger partial charge in [0.15, 0.2) is 33.1 Å². The van der Waals surface area contributed by atoms with E-state index in [2.05, 4.69) is 355 Å². The van der Waals surface area contributed by atoms with Crippen LogP contribution in [0.1, 0.15) is 174 Å². The van der Waals surface area contributed by atoms with Crippen molar-refractivity contribution < 1.29 is 27.0 Å². The molecule has 9 aromatic carbocycles. The van der Waals surface area contributed by atoms with E-state index < -0.39 is 0 Å². The highest BCUT2D eigenvalue weighted by molar-refractivity contribution is 6.08. The lowest BCUT2D eigenvalue weighted by molar-refractivity contribution is -0.634. The highest BCUT2D eigenvalue weighted by atomic mass is 16.3. The van der Waals surface area contributed by atoms with Crippen molar-refractivity contribution >= 4 is 99.3 Å². The van der Waals surface area contributed by atoms with Crippen molar-refractivity contribution in [1.29, 1.82) is 0 Å². The second-order valence-electron chi connectivity index (χ2n) is 31.7. The average molecular weight is 1440 g/mol. The Morgan fingerprint density at radius 1 is 0.294 bits per heavy atom. The normalized spacial score (nSPS) is 12.1.